The molecule has 0 atom stereocenters. The minimum absolute atomic E-state index is 0.421. The van der Waals surface area contributed by atoms with Gasteiger partial charge in [-0.05, 0) is 24.1 Å². The molecule has 1 heterocycles. The smallest absolute Gasteiger partial charge is 0.370 e. The van der Waals surface area contributed by atoms with Crippen LogP contribution in [-0.2, 0) is 12.7 Å². The number of rotatable bonds is 7. The van der Waals surface area contributed by atoms with Crippen LogP contribution in [0, 0.1) is 0 Å². The molecule has 140 valence electrons. The molecule has 0 fully saturated rings. The van der Waals surface area contributed by atoms with Gasteiger partial charge in [0.25, 0.3) is 0 Å². The van der Waals surface area contributed by atoms with Gasteiger partial charge in [-0.15, -0.1) is 0 Å². The number of hydrogen-bond donors (Lipinski definition) is 3. The molecule has 0 aliphatic rings. The number of hydrogen-bond acceptors (Lipinski definition) is 3. The molecule has 0 unspecified atom stereocenters. The van der Waals surface area contributed by atoms with Crippen molar-refractivity contribution in [2.45, 2.75) is 19.1 Å². The summed E-state index contributed by atoms with van der Waals surface area (Å²) < 4.78 is 37.4. The van der Waals surface area contributed by atoms with E-state index in [0.717, 1.165) is 24.2 Å². The molecule has 0 amide bonds. The first kappa shape index (κ1) is 19.6. The molecular weight excluding hydrogens is 343 g/mol. The van der Waals surface area contributed by atoms with Gasteiger partial charge < -0.3 is 16.0 Å². The number of nitrogens with one attached hydrogen (secondary N) is 3. The molecule has 2 rings (SSSR count). The molecule has 5 nitrogen and oxygen atoms in total. The number of alkyl halides is 3. The number of halogens is 3. The van der Waals surface area contributed by atoms with Gasteiger partial charge in [0.1, 0.15) is 5.82 Å². The minimum Gasteiger partial charge on any atom is -0.370 e. The molecule has 0 aliphatic carbocycles. The normalized spacial score (nSPS) is 11.9. The lowest BCUT2D eigenvalue weighted by Crippen LogP contribution is -2.37. The van der Waals surface area contributed by atoms with E-state index < -0.39 is 11.7 Å². The molecule has 0 aliphatic heterocycles. The summed E-state index contributed by atoms with van der Waals surface area (Å²) in [5.41, 5.74) is 0.406. The summed E-state index contributed by atoms with van der Waals surface area (Å²) in [5, 5.41) is 9.39. The highest BCUT2D eigenvalue weighted by Gasteiger charge is 2.30. The van der Waals surface area contributed by atoms with Crippen LogP contribution in [0.15, 0.2) is 53.7 Å². The van der Waals surface area contributed by atoms with E-state index in [0.29, 0.717) is 31.4 Å². The lowest BCUT2D eigenvalue weighted by molar-refractivity contribution is -0.137. The van der Waals surface area contributed by atoms with E-state index in [1.165, 1.54) is 6.07 Å². The third kappa shape index (κ3) is 6.62. The highest BCUT2D eigenvalue weighted by atomic mass is 19.4. The number of nitrogens with zero attached hydrogens (tertiary/aromatic N) is 2. The molecule has 0 saturated heterocycles. The van der Waals surface area contributed by atoms with Crippen LogP contribution in [0.2, 0.25) is 0 Å². The zero-order chi connectivity index (χ0) is 18.8. The van der Waals surface area contributed by atoms with Gasteiger partial charge >= 0.3 is 6.18 Å². The Morgan fingerprint density at radius 1 is 1.04 bits per heavy atom. The average molecular weight is 365 g/mol. The molecule has 0 radical (unpaired) electrons. The van der Waals surface area contributed by atoms with Gasteiger partial charge in [0.05, 0.1) is 5.56 Å². The van der Waals surface area contributed by atoms with Crippen LogP contribution in [0.4, 0.5) is 19.0 Å². The van der Waals surface area contributed by atoms with Crippen molar-refractivity contribution < 1.29 is 13.2 Å². The predicted molar refractivity (Wildman–Crippen MR) is 97.0 cm³/mol. The topological polar surface area (TPSA) is 61.3 Å². The Hall–Kier alpha value is -2.77. The van der Waals surface area contributed by atoms with Gasteiger partial charge in [-0.2, -0.15) is 13.2 Å². The number of aliphatic imine (C=N–C) groups is 1. The van der Waals surface area contributed by atoms with Crippen molar-refractivity contribution in [2.75, 3.05) is 25.5 Å². The summed E-state index contributed by atoms with van der Waals surface area (Å²) in [5.74, 6) is 1.12. The van der Waals surface area contributed by atoms with E-state index in [4.69, 9.17) is 0 Å². The Bertz CT molecular complexity index is 684. The van der Waals surface area contributed by atoms with Crippen LogP contribution in [0.25, 0.3) is 0 Å². The van der Waals surface area contributed by atoms with Gasteiger partial charge in [-0.25, -0.2) is 4.98 Å². The maximum absolute atomic E-state index is 12.5. The molecule has 26 heavy (non-hydrogen) atoms. The number of pyridine rings is 1. The monoisotopic (exact) mass is 365 g/mol. The second-order valence-corrected chi connectivity index (χ2v) is 5.55. The number of guanidine groups is 1. The van der Waals surface area contributed by atoms with Gasteiger partial charge in [-0.1, -0.05) is 30.3 Å². The Labute approximate surface area is 150 Å². The number of benzene rings is 1. The van der Waals surface area contributed by atoms with Crippen molar-refractivity contribution in [3.8, 4) is 0 Å². The van der Waals surface area contributed by atoms with E-state index in [1.807, 2.05) is 30.3 Å². The zero-order valence-electron chi connectivity index (χ0n) is 14.5. The average Bonchev–Trinajstić information content (AvgIpc) is 2.64. The van der Waals surface area contributed by atoms with E-state index in [1.54, 1.807) is 7.05 Å². The van der Waals surface area contributed by atoms with Crippen LogP contribution in [0.3, 0.4) is 0 Å². The molecule has 3 N–H and O–H groups in total. The van der Waals surface area contributed by atoms with E-state index in [-0.39, 0.29) is 0 Å². The molecular formula is C18H22F3N5. The Balaban J connectivity index is 1.64. The summed E-state index contributed by atoms with van der Waals surface area (Å²) in [6.45, 7) is 1.93. The van der Waals surface area contributed by atoms with Crippen LogP contribution in [-0.4, -0.2) is 31.1 Å². The van der Waals surface area contributed by atoms with Gasteiger partial charge in [0.15, 0.2) is 5.96 Å². The Morgan fingerprint density at radius 3 is 2.42 bits per heavy atom. The standard InChI is InChI=1S/C18H22F3N5/c1-22-17(26-12-14-6-3-2-4-7-14)24-11-5-10-23-16-9-8-15(13-25-16)18(19,20)21/h2-4,6-9,13H,5,10-12H2,1H3,(H,23,25)(H2,22,24,26). The summed E-state index contributed by atoms with van der Waals surface area (Å²) in [7, 11) is 1.70. The molecule has 0 bridgehead atoms. The third-order valence-corrected chi connectivity index (χ3v) is 3.57. The molecule has 0 saturated carbocycles. The summed E-state index contributed by atoms with van der Waals surface area (Å²) >= 11 is 0. The fraction of sp³-hybridized carbons (Fsp3) is 0.333. The van der Waals surface area contributed by atoms with Crippen LogP contribution in [0.5, 0.6) is 0 Å². The molecule has 1 aromatic heterocycles. The summed E-state index contributed by atoms with van der Waals surface area (Å²) in [6, 6.07) is 12.3. The fourth-order valence-corrected chi connectivity index (χ4v) is 2.18. The van der Waals surface area contributed by atoms with Crippen molar-refractivity contribution >= 4 is 11.8 Å². The van der Waals surface area contributed by atoms with Crippen molar-refractivity contribution in [1.29, 1.82) is 0 Å². The van der Waals surface area contributed by atoms with Gasteiger partial charge in [0, 0.05) is 32.9 Å². The Morgan fingerprint density at radius 2 is 1.81 bits per heavy atom. The summed E-state index contributed by atoms with van der Waals surface area (Å²) in [4.78, 5) is 7.92. The lowest BCUT2D eigenvalue weighted by Gasteiger charge is -2.12. The SMILES string of the molecule is CN=C(NCCCNc1ccc(C(F)(F)F)cn1)NCc1ccccc1. The first-order valence-electron chi connectivity index (χ1n) is 8.24. The first-order valence-corrected chi connectivity index (χ1v) is 8.24. The van der Waals surface area contributed by atoms with Crippen LogP contribution >= 0.6 is 0 Å². The van der Waals surface area contributed by atoms with Gasteiger partial charge in [-0.3, -0.25) is 4.99 Å². The number of anilines is 1. The van der Waals surface area contributed by atoms with Crippen molar-refractivity contribution in [3.05, 3.63) is 59.8 Å². The maximum atomic E-state index is 12.5. The number of aromatic nitrogens is 1. The van der Waals surface area contributed by atoms with Gasteiger partial charge in [0.2, 0.25) is 0 Å². The first-order chi connectivity index (χ1) is 12.5. The van der Waals surface area contributed by atoms with Crippen LogP contribution in [0.1, 0.15) is 17.5 Å². The largest absolute Gasteiger partial charge is 0.417 e. The second kappa shape index (κ2) is 9.65. The molecule has 1 aromatic carbocycles. The van der Waals surface area contributed by atoms with Crippen LogP contribution < -0.4 is 16.0 Å². The van der Waals surface area contributed by atoms with E-state index in [9.17, 15) is 13.2 Å². The lowest BCUT2D eigenvalue weighted by atomic mass is 10.2. The highest BCUT2D eigenvalue weighted by molar-refractivity contribution is 5.79. The Kier molecular flexibility index (Phi) is 7.25. The van der Waals surface area contributed by atoms with E-state index >= 15 is 0 Å². The molecule has 0 spiro atoms. The van der Waals surface area contributed by atoms with E-state index in [2.05, 4.69) is 25.9 Å². The molecule has 2 aromatic rings. The quantitative estimate of drug-likeness (QED) is 0.400. The highest BCUT2D eigenvalue weighted by Crippen LogP contribution is 2.28. The van der Waals surface area contributed by atoms with Crippen molar-refractivity contribution in [1.82, 2.24) is 15.6 Å². The summed E-state index contributed by atoms with van der Waals surface area (Å²) in [6.07, 6.45) is -2.78. The fourth-order valence-electron chi connectivity index (χ4n) is 2.18. The zero-order valence-corrected chi connectivity index (χ0v) is 14.5. The van der Waals surface area contributed by atoms with Crippen molar-refractivity contribution in [3.63, 3.8) is 0 Å². The minimum atomic E-state index is -4.36. The predicted octanol–water partition coefficient (Wildman–Crippen LogP) is 3.27. The van der Waals surface area contributed by atoms with Crippen molar-refractivity contribution in [2.24, 2.45) is 4.99 Å². The maximum Gasteiger partial charge on any atom is 0.417 e. The molecule has 8 heteroatoms. The second-order valence-electron chi connectivity index (χ2n) is 5.55. The third-order valence-electron chi connectivity index (χ3n) is 3.57.